The molecule has 0 saturated carbocycles. The number of nitro groups is 1. The Kier molecular flexibility index (Phi) is 3.82. The number of rotatable bonds is 3. The number of hydrogen-bond donors (Lipinski definition) is 0. The number of allylic oxidation sites excluding steroid dienone is 2. The molecule has 1 aromatic heterocycles. The van der Waals surface area contributed by atoms with Gasteiger partial charge in [-0.05, 0) is 55.4 Å². The van der Waals surface area contributed by atoms with Crippen LogP contribution in [0.1, 0.15) is 56.7 Å². The van der Waals surface area contributed by atoms with Crippen molar-refractivity contribution in [2.24, 2.45) is 0 Å². The number of aromatic nitrogens is 2. The van der Waals surface area contributed by atoms with Crippen molar-refractivity contribution in [1.82, 2.24) is 9.78 Å². The Morgan fingerprint density at radius 1 is 1.35 bits per heavy atom. The Balaban J connectivity index is 1.93. The molecule has 1 atom stereocenters. The summed E-state index contributed by atoms with van der Waals surface area (Å²) < 4.78 is 7.30. The van der Waals surface area contributed by atoms with E-state index in [1.165, 1.54) is 0 Å². The van der Waals surface area contributed by atoms with Crippen molar-refractivity contribution >= 4 is 11.4 Å². The highest BCUT2D eigenvalue weighted by Gasteiger charge is 2.28. The van der Waals surface area contributed by atoms with Gasteiger partial charge in [0.2, 0.25) is 0 Å². The average Bonchev–Trinajstić information content (AvgIpc) is 2.94. The van der Waals surface area contributed by atoms with Gasteiger partial charge in [-0.15, -0.1) is 0 Å². The molecule has 0 N–H and O–H groups in total. The van der Waals surface area contributed by atoms with Gasteiger partial charge in [-0.3, -0.25) is 0 Å². The predicted octanol–water partition coefficient (Wildman–Crippen LogP) is 3.45. The molecule has 20 heavy (non-hydrogen) atoms. The molecule has 3 rings (SSSR count). The molecule has 0 radical (unpaired) electrons. The van der Waals surface area contributed by atoms with Crippen molar-refractivity contribution in [2.45, 2.75) is 51.2 Å². The highest BCUT2D eigenvalue weighted by molar-refractivity contribution is 5.71. The van der Waals surface area contributed by atoms with Gasteiger partial charge in [-0.2, -0.15) is 4.68 Å². The van der Waals surface area contributed by atoms with Gasteiger partial charge in [-0.25, -0.2) is 0 Å². The highest BCUT2D eigenvalue weighted by Crippen LogP contribution is 2.34. The first-order valence-electron chi connectivity index (χ1n) is 7.30. The molecule has 2 heterocycles. The summed E-state index contributed by atoms with van der Waals surface area (Å²) in [6.07, 6.45) is 10.9. The van der Waals surface area contributed by atoms with Crippen LogP contribution in [0.25, 0.3) is 5.57 Å². The summed E-state index contributed by atoms with van der Waals surface area (Å²) in [5, 5.41) is 15.4. The monoisotopic (exact) mass is 277 g/mol. The van der Waals surface area contributed by atoms with E-state index in [1.54, 1.807) is 10.9 Å². The first-order chi connectivity index (χ1) is 9.75. The summed E-state index contributed by atoms with van der Waals surface area (Å²) in [5.41, 5.74) is 1.73. The van der Waals surface area contributed by atoms with Crippen LogP contribution in [0.5, 0.6) is 0 Å². The maximum absolute atomic E-state index is 11.2. The van der Waals surface area contributed by atoms with Gasteiger partial charge in [0.1, 0.15) is 0 Å². The zero-order valence-corrected chi connectivity index (χ0v) is 11.5. The van der Waals surface area contributed by atoms with E-state index in [0.717, 1.165) is 50.5 Å². The van der Waals surface area contributed by atoms with E-state index in [1.807, 2.05) is 0 Å². The molecular weight excluding hydrogens is 258 g/mol. The van der Waals surface area contributed by atoms with E-state index in [0.29, 0.717) is 12.2 Å². The molecule has 1 unspecified atom stereocenters. The summed E-state index contributed by atoms with van der Waals surface area (Å²) in [7, 11) is 0. The van der Waals surface area contributed by atoms with Gasteiger partial charge in [0.05, 0.1) is 16.9 Å². The van der Waals surface area contributed by atoms with Crippen molar-refractivity contribution in [3.05, 3.63) is 28.0 Å². The largest absolute Gasteiger partial charge is 0.397 e. The summed E-state index contributed by atoms with van der Waals surface area (Å²) in [6.45, 7) is 0.705. The molecule has 1 aromatic rings. The molecule has 2 aliphatic rings. The molecule has 1 aliphatic carbocycles. The van der Waals surface area contributed by atoms with Crippen molar-refractivity contribution in [3.8, 4) is 0 Å². The standard InChI is InChI=1S/C14H19N3O3/c18-17(19)14-12(11-6-2-1-3-7-11)10-16(15-14)13-8-4-5-9-20-13/h6,10,13H,1-5,7-9H2. The Bertz CT molecular complexity index is 530. The SMILES string of the molecule is O=[N+]([O-])c1nn(C2CCCCO2)cc1C1=CCCCC1. The van der Waals surface area contributed by atoms with Gasteiger partial charge in [-0.1, -0.05) is 6.08 Å². The molecule has 0 bridgehead atoms. The number of nitrogens with zero attached hydrogens (tertiary/aromatic N) is 3. The van der Waals surface area contributed by atoms with Crippen molar-refractivity contribution < 1.29 is 9.66 Å². The second-order valence-corrected chi connectivity index (χ2v) is 5.40. The predicted molar refractivity (Wildman–Crippen MR) is 74.2 cm³/mol. The Morgan fingerprint density at radius 2 is 2.25 bits per heavy atom. The molecule has 0 amide bonds. The first kappa shape index (κ1) is 13.3. The van der Waals surface area contributed by atoms with Crippen LogP contribution >= 0.6 is 0 Å². The summed E-state index contributed by atoms with van der Waals surface area (Å²) in [5.74, 6) is -0.0349. The minimum atomic E-state index is -0.385. The molecule has 6 nitrogen and oxygen atoms in total. The van der Waals surface area contributed by atoms with Crippen LogP contribution < -0.4 is 0 Å². The van der Waals surface area contributed by atoms with Crippen LogP contribution in [0.4, 0.5) is 5.82 Å². The lowest BCUT2D eigenvalue weighted by atomic mass is 9.95. The van der Waals surface area contributed by atoms with Crippen LogP contribution in [-0.4, -0.2) is 21.3 Å². The molecule has 108 valence electrons. The van der Waals surface area contributed by atoms with Gasteiger partial charge in [0.25, 0.3) is 0 Å². The van der Waals surface area contributed by atoms with Gasteiger partial charge >= 0.3 is 5.82 Å². The third-order valence-electron chi connectivity index (χ3n) is 3.97. The van der Waals surface area contributed by atoms with Gasteiger partial charge in [0.15, 0.2) is 6.23 Å². The second kappa shape index (κ2) is 5.75. The number of hydrogen-bond acceptors (Lipinski definition) is 4. The first-order valence-corrected chi connectivity index (χ1v) is 7.30. The van der Waals surface area contributed by atoms with E-state index >= 15 is 0 Å². The molecule has 1 fully saturated rings. The van der Waals surface area contributed by atoms with Gasteiger partial charge < -0.3 is 14.9 Å². The minimum absolute atomic E-state index is 0.0349. The smallest absolute Gasteiger partial charge is 0.358 e. The third-order valence-corrected chi connectivity index (χ3v) is 3.97. The van der Waals surface area contributed by atoms with Crippen molar-refractivity contribution in [1.29, 1.82) is 0 Å². The highest BCUT2D eigenvalue weighted by atomic mass is 16.6. The van der Waals surface area contributed by atoms with E-state index in [-0.39, 0.29) is 17.0 Å². The zero-order valence-electron chi connectivity index (χ0n) is 11.5. The van der Waals surface area contributed by atoms with Gasteiger partial charge in [0, 0.05) is 6.61 Å². The van der Waals surface area contributed by atoms with Crippen LogP contribution in [0, 0.1) is 10.1 Å². The number of ether oxygens (including phenoxy) is 1. The third kappa shape index (κ3) is 2.60. The summed E-state index contributed by atoms with van der Waals surface area (Å²) >= 11 is 0. The lowest BCUT2D eigenvalue weighted by Gasteiger charge is -2.20. The van der Waals surface area contributed by atoms with Crippen molar-refractivity contribution in [2.75, 3.05) is 6.61 Å². The lowest BCUT2D eigenvalue weighted by Crippen LogP contribution is -2.18. The van der Waals surface area contributed by atoms with Crippen LogP contribution in [-0.2, 0) is 4.74 Å². The molecular formula is C14H19N3O3. The quantitative estimate of drug-likeness (QED) is 0.626. The second-order valence-electron chi connectivity index (χ2n) is 5.40. The topological polar surface area (TPSA) is 70.2 Å². The Hall–Kier alpha value is -1.69. The maximum Gasteiger partial charge on any atom is 0.397 e. The van der Waals surface area contributed by atoms with Crippen molar-refractivity contribution in [3.63, 3.8) is 0 Å². The summed E-state index contributed by atoms with van der Waals surface area (Å²) in [4.78, 5) is 10.8. The maximum atomic E-state index is 11.2. The van der Waals surface area contributed by atoms with E-state index in [2.05, 4.69) is 11.2 Å². The average molecular weight is 277 g/mol. The van der Waals surface area contributed by atoms with Crippen LogP contribution in [0.2, 0.25) is 0 Å². The van der Waals surface area contributed by atoms with E-state index in [9.17, 15) is 10.1 Å². The Labute approximate surface area is 117 Å². The van der Waals surface area contributed by atoms with E-state index < -0.39 is 0 Å². The van der Waals surface area contributed by atoms with Crippen LogP contribution in [0.15, 0.2) is 12.3 Å². The Morgan fingerprint density at radius 3 is 2.90 bits per heavy atom. The van der Waals surface area contributed by atoms with Crippen LogP contribution in [0.3, 0.4) is 0 Å². The molecule has 0 spiro atoms. The molecule has 6 heteroatoms. The fourth-order valence-corrected chi connectivity index (χ4v) is 2.91. The fraction of sp³-hybridized carbons (Fsp3) is 0.643. The zero-order chi connectivity index (χ0) is 13.9. The molecule has 0 aromatic carbocycles. The lowest BCUT2D eigenvalue weighted by molar-refractivity contribution is -0.390. The molecule has 1 saturated heterocycles. The minimum Gasteiger partial charge on any atom is -0.358 e. The summed E-state index contributed by atoms with van der Waals surface area (Å²) in [6, 6.07) is 0. The fourth-order valence-electron chi connectivity index (χ4n) is 2.91. The normalized spacial score (nSPS) is 23.4. The van der Waals surface area contributed by atoms with E-state index in [4.69, 9.17) is 4.74 Å². The molecule has 1 aliphatic heterocycles.